The smallest absolute Gasteiger partial charge is 0.120 e. The van der Waals surface area contributed by atoms with Gasteiger partial charge in [0.2, 0.25) is 0 Å². The van der Waals surface area contributed by atoms with Gasteiger partial charge in [0.15, 0.2) is 0 Å². The summed E-state index contributed by atoms with van der Waals surface area (Å²) in [5, 5.41) is 17.6. The molecule has 20 heavy (non-hydrogen) atoms. The quantitative estimate of drug-likeness (QED) is 0.814. The van der Waals surface area contributed by atoms with Gasteiger partial charge in [0.25, 0.3) is 0 Å². The minimum absolute atomic E-state index is 0.336. The molecule has 0 aliphatic heterocycles. The van der Waals surface area contributed by atoms with E-state index in [0.29, 0.717) is 24.9 Å². The zero-order valence-corrected chi connectivity index (χ0v) is 12.2. The van der Waals surface area contributed by atoms with Crippen molar-refractivity contribution in [1.29, 1.82) is 0 Å². The molecule has 0 radical (unpaired) electrons. The molecule has 0 bridgehead atoms. The minimum Gasteiger partial charge on any atom is -0.508 e. The van der Waals surface area contributed by atoms with Crippen molar-refractivity contribution >= 4 is 0 Å². The van der Waals surface area contributed by atoms with Crippen molar-refractivity contribution in [2.75, 3.05) is 0 Å². The SMILES string of the molecule is CCC(CC)n1ccc(CNCc2ccccc2O)n1. The third kappa shape index (κ3) is 3.61. The van der Waals surface area contributed by atoms with Gasteiger partial charge in [-0.25, -0.2) is 0 Å². The highest BCUT2D eigenvalue weighted by Gasteiger charge is 2.07. The number of para-hydroxylation sites is 1. The molecule has 0 saturated carbocycles. The Morgan fingerprint density at radius 1 is 1.15 bits per heavy atom. The number of aromatic hydroxyl groups is 1. The second-order valence-corrected chi connectivity index (χ2v) is 4.99. The molecule has 0 unspecified atom stereocenters. The van der Waals surface area contributed by atoms with Crippen LogP contribution in [0.3, 0.4) is 0 Å². The lowest BCUT2D eigenvalue weighted by Crippen LogP contribution is -2.14. The van der Waals surface area contributed by atoms with Gasteiger partial charge in [0.1, 0.15) is 5.75 Å². The van der Waals surface area contributed by atoms with Crippen molar-refractivity contribution < 1.29 is 5.11 Å². The van der Waals surface area contributed by atoms with Crippen LogP contribution >= 0.6 is 0 Å². The van der Waals surface area contributed by atoms with Crippen molar-refractivity contribution in [1.82, 2.24) is 15.1 Å². The van der Waals surface area contributed by atoms with Gasteiger partial charge in [-0.05, 0) is 25.0 Å². The minimum atomic E-state index is 0.336. The summed E-state index contributed by atoms with van der Waals surface area (Å²) in [4.78, 5) is 0. The molecule has 0 aliphatic carbocycles. The first kappa shape index (κ1) is 14.6. The summed E-state index contributed by atoms with van der Waals surface area (Å²) in [6, 6.07) is 9.93. The molecule has 0 saturated heterocycles. The Kier molecular flexibility index (Phi) is 5.18. The lowest BCUT2D eigenvalue weighted by atomic mass is 10.2. The maximum absolute atomic E-state index is 9.69. The first-order valence-electron chi connectivity index (χ1n) is 7.26. The Labute approximate surface area is 120 Å². The standard InChI is InChI=1S/C16H23N3O/c1-3-15(4-2)19-10-9-14(18-19)12-17-11-13-7-5-6-8-16(13)20/h5-10,15,17,20H,3-4,11-12H2,1-2H3. The Hall–Kier alpha value is -1.81. The van der Waals surface area contributed by atoms with E-state index in [-0.39, 0.29) is 0 Å². The summed E-state index contributed by atoms with van der Waals surface area (Å²) >= 11 is 0. The fourth-order valence-corrected chi connectivity index (χ4v) is 2.32. The van der Waals surface area contributed by atoms with E-state index in [1.54, 1.807) is 6.07 Å². The molecule has 0 fully saturated rings. The maximum Gasteiger partial charge on any atom is 0.120 e. The van der Waals surface area contributed by atoms with Crippen molar-refractivity contribution in [3.05, 3.63) is 47.8 Å². The summed E-state index contributed by atoms with van der Waals surface area (Å²) in [7, 11) is 0. The fourth-order valence-electron chi connectivity index (χ4n) is 2.32. The van der Waals surface area contributed by atoms with Crippen molar-refractivity contribution in [2.24, 2.45) is 0 Å². The van der Waals surface area contributed by atoms with Crippen LogP contribution in [0.4, 0.5) is 0 Å². The molecule has 108 valence electrons. The van der Waals surface area contributed by atoms with Crippen LogP contribution in [0, 0.1) is 0 Å². The van der Waals surface area contributed by atoms with Gasteiger partial charge in [-0.15, -0.1) is 0 Å². The number of hydrogen-bond acceptors (Lipinski definition) is 3. The van der Waals surface area contributed by atoms with Crippen LogP contribution in [0.5, 0.6) is 5.75 Å². The molecule has 4 heteroatoms. The average Bonchev–Trinajstić information content (AvgIpc) is 2.91. The van der Waals surface area contributed by atoms with Gasteiger partial charge in [0, 0.05) is 24.8 Å². The zero-order chi connectivity index (χ0) is 14.4. The van der Waals surface area contributed by atoms with Gasteiger partial charge in [0.05, 0.1) is 11.7 Å². The fraction of sp³-hybridized carbons (Fsp3) is 0.438. The number of benzene rings is 1. The molecule has 1 aromatic heterocycles. The number of phenolic OH excluding ortho intramolecular Hbond substituents is 1. The third-order valence-electron chi connectivity index (χ3n) is 3.59. The molecule has 0 aliphatic rings. The van der Waals surface area contributed by atoms with E-state index in [1.165, 1.54) is 0 Å². The molecular formula is C16H23N3O. The molecule has 0 atom stereocenters. The number of nitrogens with zero attached hydrogens (tertiary/aromatic N) is 2. The van der Waals surface area contributed by atoms with E-state index < -0.39 is 0 Å². The molecule has 0 spiro atoms. The van der Waals surface area contributed by atoms with Crippen molar-refractivity contribution in [2.45, 2.75) is 45.8 Å². The number of hydrogen-bond donors (Lipinski definition) is 2. The average molecular weight is 273 g/mol. The summed E-state index contributed by atoms with van der Waals surface area (Å²) < 4.78 is 2.05. The highest BCUT2D eigenvalue weighted by molar-refractivity contribution is 5.31. The summed E-state index contributed by atoms with van der Waals surface area (Å²) in [6.45, 7) is 5.73. The van der Waals surface area contributed by atoms with Crippen molar-refractivity contribution in [3.63, 3.8) is 0 Å². The highest BCUT2D eigenvalue weighted by Crippen LogP contribution is 2.16. The van der Waals surface area contributed by atoms with E-state index in [2.05, 4.69) is 41.2 Å². The van der Waals surface area contributed by atoms with Gasteiger partial charge >= 0.3 is 0 Å². The number of rotatable bonds is 7. The molecule has 1 aromatic carbocycles. The Bertz CT molecular complexity index is 532. The second kappa shape index (κ2) is 7.10. The second-order valence-electron chi connectivity index (χ2n) is 4.99. The predicted molar refractivity (Wildman–Crippen MR) is 80.5 cm³/mol. The van der Waals surface area contributed by atoms with Crippen LogP contribution in [0.25, 0.3) is 0 Å². The topological polar surface area (TPSA) is 50.1 Å². The monoisotopic (exact) mass is 273 g/mol. The predicted octanol–water partition coefficient (Wildman–Crippen LogP) is 3.24. The van der Waals surface area contributed by atoms with Gasteiger partial charge in [-0.1, -0.05) is 32.0 Å². The van der Waals surface area contributed by atoms with E-state index in [1.807, 2.05) is 18.2 Å². The van der Waals surface area contributed by atoms with E-state index >= 15 is 0 Å². The first-order chi connectivity index (χ1) is 9.74. The maximum atomic E-state index is 9.69. The normalized spacial score (nSPS) is 11.2. The van der Waals surface area contributed by atoms with E-state index in [4.69, 9.17) is 0 Å². The molecule has 4 nitrogen and oxygen atoms in total. The molecular weight excluding hydrogens is 250 g/mol. The zero-order valence-electron chi connectivity index (χ0n) is 12.2. The number of phenols is 1. The first-order valence-corrected chi connectivity index (χ1v) is 7.26. The summed E-state index contributed by atoms with van der Waals surface area (Å²) in [5.41, 5.74) is 1.94. The Morgan fingerprint density at radius 2 is 1.90 bits per heavy atom. The van der Waals surface area contributed by atoms with Crippen LogP contribution in [0.1, 0.15) is 44.0 Å². The summed E-state index contributed by atoms with van der Waals surface area (Å²) in [6.07, 6.45) is 4.25. The third-order valence-corrected chi connectivity index (χ3v) is 3.59. The Morgan fingerprint density at radius 3 is 2.60 bits per heavy atom. The molecule has 2 rings (SSSR count). The Balaban J connectivity index is 1.87. The highest BCUT2D eigenvalue weighted by atomic mass is 16.3. The lowest BCUT2D eigenvalue weighted by Gasteiger charge is -2.12. The number of aromatic nitrogens is 2. The largest absolute Gasteiger partial charge is 0.508 e. The van der Waals surface area contributed by atoms with Crippen LogP contribution in [0.15, 0.2) is 36.5 Å². The molecule has 1 heterocycles. The van der Waals surface area contributed by atoms with Crippen molar-refractivity contribution in [3.8, 4) is 5.75 Å². The van der Waals surface area contributed by atoms with E-state index in [0.717, 1.165) is 24.1 Å². The van der Waals surface area contributed by atoms with Crippen LogP contribution in [-0.4, -0.2) is 14.9 Å². The van der Waals surface area contributed by atoms with Gasteiger partial charge in [-0.2, -0.15) is 5.10 Å². The van der Waals surface area contributed by atoms with Gasteiger partial charge < -0.3 is 10.4 Å². The van der Waals surface area contributed by atoms with Crippen LogP contribution in [-0.2, 0) is 13.1 Å². The number of nitrogens with one attached hydrogen (secondary N) is 1. The lowest BCUT2D eigenvalue weighted by molar-refractivity contribution is 0.424. The van der Waals surface area contributed by atoms with Gasteiger partial charge in [-0.3, -0.25) is 4.68 Å². The molecule has 0 amide bonds. The van der Waals surface area contributed by atoms with Crippen LogP contribution in [0.2, 0.25) is 0 Å². The van der Waals surface area contributed by atoms with E-state index in [9.17, 15) is 5.11 Å². The van der Waals surface area contributed by atoms with Crippen LogP contribution < -0.4 is 5.32 Å². The molecule has 2 N–H and O–H groups in total. The summed E-state index contributed by atoms with van der Waals surface area (Å²) in [5.74, 6) is 0.336. The molecule has 2 aromatic rings.